The summed E-state index contributed by atoms with van der Waals surface area (Å²) in [7, 11) is 0. The van der Waals surface area contributed by atoms with Gasteiger partial charge in [0.25, 0.3) is 0 Å². The molecule has 0 bridgehead atoms. The molecule has 0 spiro atoms. The number of benzene rings is 2. The van der Waals surface area contributed by atoms with E-state index in [1.165, 1.54) is 0 Å². The van der Waals surface area contributed by atoms with E-state index >= 15 is 0 Å². The molecule has 1 amide bonds. The molecular weight excluding hydrogens is 286 g/mol. The molecule has 0 aliphatic heterocycles. The highest BCUT2D eigenvalue weighted by Gasteiger charge is 2.19. The second-order valence-electron chi connectivity index (χ2n) is 3.98. The third-order valence-corrected chi connectivity index (χ3v) is 2.55. The first-order chi connectivity index (χ1) is 9.88. The lowest BCUT2D eigenvalue weighted by Crippen LogP contribution is -2.11. The molecule has 2 rings (SSSR count). The summed E-state index contributed by atoms with van der Waals surface area (Å²) in [5, 5.41) is 10.9. The lowest BCUT2D eigenvalue weighted by Gasteiger charge is -2.08. The number of hydrogen-bond donors (Lipinski definition) is 1. The van der Waals surface area contributed by atoms with E-state index in [9.17, 15) is 23.7 Å². The van der Waals surface area contributed by atoms with Crippen molar-refractivity contribution in [2.45, 2.75) is 0 Å². The number of nitro groups is 1. The molecular formula is C13H8F2N2O4. The van der Waals surface area contributed by atoms with Gasteiger partial charge in [-0.3, -0.25) is 14.9 Å². The molecule has 0 aromatic heterocycles. The fourth-order valence-corrected chi connectivity index (χ4v) is 1.58. The van der Waals surface area contributed by atoms with Gasteiger partial charge in [0.1, 0.15) is 5.82 Å². The molecule has 0 atom stereocenters. The zero-order valence-electron chi connectivity index (χ0n) is 10.4. The molecule has 6 nitrogen and oxygen atoms in total. The SMILES string of the molecule is NC(=O)c1ccc([N+](=O)[O-])c(Oc2ccc(F)cc2F)c1. The van der Waals surface area contributed by atoms with Crippen LogP contribution in [0.25, 0.3) is 0 Å². The molecule has 0 fully saturated rings. The Kier molecular flexibility index (Phi) is 3.79. The fraction of sp³-hybridized carbons (Fsp3) is 0. The maximum atomic E-state index is 13.5. The smallest absolute Gasteiger partial charge is 0.311 e. The highest BCUT2D eigenvalue weighted by Crippen LogP contribution is 2.33. The number of amides is 1. The molecule has 8 heteroatoms. The highest BCUT2D eigenvalue weighted by atomic mass is 19.1. The van der Waals surface area contributed by atoms with Crippen molar-refractivity contribution in [1.82, 2.24) is 0 Å². The number of ether oxygens (including phenoxy) is 1. The quantitative estimate of drug-likeness (QED) is 0.692. The lowest BCUT2D eigenvalue weighted by atomic mass is 10.2. The molecule has 0 aliphatic rings. The number of halogens is 2. The molecule has 2 aromatic carbocycles. The summed E-state index contributed by atoms with van der Waals surface area (Å²) in [5.41, 5.74) is 4.54. The van der Waals surface area contributed by atoms with Crippen LogP contribution in [0.5, 0.6) is 11.5 Å². The van der Waals surface area contributed by atoms with Crippen molar-refractivity contribution < 1.29 is 23.2 Å². The molecule has 0 radical (unpaired) electrons. The number of carbonyl (C=O) groups excluding carboxylic acids is 1. The van der Waals surface area contributed by atoms with Gasteiger partial charge in [-0.2, -0.15) is 0 Å². The van der Waals surface area contributed by atoms with Crippen molar-refractivity contribution in [2.24, 2.45) is 5.73 Å². The molecule has 0 heterocycles. The van der Waals surface area contributed by atoms with E-state index in [0.29, 0.717) is 6.07 Å². The van der Waals surface area contributed by atoms with Crippen molar-refractivity contribution in [2.75, 3.05) is 0 Å². The Morgan fingerprint density at radius 2 is 1.86 bits per heavy atom. The van der Waals surface area contributed by atoms with E-state index in [4.69, 9.17) is 10.5 Å². The Morgan fingerprint density at radius 3 is 2.43 bits per heavy atom. The standard InChI is InChI=1S/C13H8F2N2O4/c14-8-2-4-11(9(15)6-8)21-12-5-7(13(16)18)1-3-10(12)17(19)20/h1-6H,(H2,16,18). The van der Waals surface area contributed by atoms with Gasteiger partial charge < -0.3 is 10.5 Å². The largest absolute Gasteiger partial charge is 0.447 e. The van der Waals surface area contributed by atoms with Crippen molar-refractivity contribution in [3.63, 3.8) is 0 Å². The van der Waals surface area contributed by atoms with Crippen molar-refractivity contribution >= 4 is 11.6 Å². The predicted molar refractivity (Wildman–Crippen MR) is 68.0 cm³/mol. The van der Waals surface area contributed by atoms with Crippen LogP contribution in [0, 0.1) is 21.7 Å². The second-order valence-corrected chi connectivity index (χ2v) is 3.98. The van der Waals surface area contributed by atoms with Crippen LogP contribution in [-0.4, -0.2) is 10.8 Å². The topological polar surface area (TPSA) is 95.5 Å². The van der Waals surface area contributed by atoms with E-state index in [0.717, 1.165) is 30.3 Å². The molecule has 0 unspecified atom stereocenters. The molecule has 2 N–H and O–H groups in total. The van der Waals surface area contributed by atoms with Crippen molar-refractivity contribution in [3.8, 4) is 11.5 Å². The van der Waals surface area contributed by atoms with E-state index < -0.39 is 33.9 Å². The summed E-state index contributed by atoms with van der Waals surface area (Å²) >= 11 is 0. The minimum absolute atomic E-state index is 0.0434. The number of rotatable bonds is 4. The van der Waals surface area contributed by atoms with E-state index in [1.807, 2.05) is 0 Å². The Hall–Kier alpha value is -3.03. The molecule has 0 saturated carbocycles. The molecule has 0 aliphatic carbocycles. The third kappa shape index (κ3) is 3.11. The molecule has 0 saturated heterocycles. The van der Waals surface area contributed by atoms with Gasteiger partial charge in [-0.15, -0.1) is 0 Å². The second kappa shape index (κ2) is 5.53. The first-order valence-corrected chi connectivity index (χ1v) is 5.59. The predicted octanol–water partition coefficient (Wildman–Crippen LogP) is 2.76. The van der Waals surface area contributed by atoms with E-state index in [1.54, 1.807) is 0 Å². The Morgan fingerprint density at radius 1 is 1.14 bits per heavy atom. The number of nitro benzene ring substituents is 1. The van der Waals surface area contributed by atoms with Crippen LogP contribution in [0.2, 0.25) is 0 Å². The van der Waals surface area contributed by atoms with E-state index in [2.05, 4.69) is 0 Å². The van der Waals surface area contributed by atoms with Crippen LogP contribution in [0.3, 0.4) is 0 Å². The van der Waals surface area contributed by atoms with Gasteiger partial charge in [0, 0.05) is 23.8 Å². The van der Waals surface area contributed by atoms with E-state index in [-0.39, 0.29) is 11.3 Å². The average Bonchev–Trinajstić information content (AvgIpc) is 2.41. The monoisotopic (exact) mass is 294 g/mol. The summed E-state index contributed by atoms with van der Waals surface area (Å²) < 4.78 is 31.4. The van der Waals surface area contributed by atoms with Gasteiger partial charge in [0.05, 0.1) is 4.92 Å². The summed E-state index contributed by atoms with van der Waals surface area (Å²) in [6.07, 6.45) is 0. The molecule has 21 heavy (non-hydrogen) atoms. The maximum Gasteiger partial charge on any atom is 0.311 e. The third-order valence-electron chi connectivity index (χ3n) is 2.55. The van der Waals surface area contributed by atoms with Crippen LogP contribution in [0.15, 0.2) is 36.4 Å². The lowest BCUT2D eigenvalue weighted by molar-refractivity contribution is -0.385. The minimum atomic E-state index is -1.03. The summed E-state index contributed by atoms with van der Waals surface area (Å²) in [4.78, 5) is 21.2. The Labute approximate surface area is 116 Å². The number of hydrogen-bond acceptors (Lipinski definition) is 4. The number of carbonyl (C=O) groups is 1. The molecule has 108 valence electrons. The Bertz CT molecular complexity index is 734. The normalized spacial score (nSPS) is 10.2. The van der Waals surface area contributed by atoms with Crippen LogP contribution in [0.4, 0.5) is 14.5 Å². The number of primary amides is 1. The summed E-state index contributed by atoms with van der Waals surface area (Å²) in [5.74, 6) is -3.47. The van der Waals surface area contributed by atoms with Crippen LogP contribution >= 0.6 is 0 Å². The van der Waals surface area contributed by atoms with Crippen LogP contribution in [-0.2, 0) is 0 Å². The van der Waals surface area contributed by atoms with Crippen molar-refractivity contribution in [3.05, 3.63) is 63.7 Å². The summed E-state index contributed by atoms with van der Waals surface area (Å²) in [6.45, 7) is 0. The van der Waals surface area contributed by atoms with Crippen LogP contribution in [0.1, 0.15) is 10.4 Å². The first kappa shape index (κ1) is 14.4. The zero-order valence-corrected chi connectivity index (χ0v) is 10.4. The summed E-state index contributed by atoms with van der Waals surface area (Å²) in [6, 6.07) is 5.65. The highest BCUT2D eigenvalue weighted by molar-refractivity contribution is 5.93. The van der Waals surface area contributed by atoms with Gasteiger partial charge >= 0.3 is 5.69 Å². The van der Waals surface area contributed by atoms with Gasteiger partial charge in [-0.25, -0.2) is 8.78 Å². The maximum absolute atomic E-state index is 13.5. The van der Waals surface area contributed by atoms with Crippen molar-refractivity contribution in [1.29, 1.82) is 0 Å². The van der Waals surface area contributed by atoms with Crippen LogP contribution < -0.4 is 10.5 Å². The number of nitrogens with zero attached hydrogens (tertiary/aromatic N) is 1. The number of nitrogens with two attached hydrogens (primary N) is 1. The minimum Gasteiger partial charge on any atom is -0.447 e. The fourth-order valence-electron chi connectivity index (χ4n) is 1.58. The molecule has 2 aromatic rings. The zero-order chi connectivity index (χ0) is 15.6. The average molecular weight is 294 g/mol. The first-order valence-electron chi connectivity index (χ1n) is 5.59. The van der Waals surface area contributed by atoms with Gasteiger partial charge in [-0.05, 0) is 18.2 Å². The Balaban J connectivity index is 2.48. The van der Waals surface area contributed by atoms with Gasteiger partial charge in [0.2, 0.25) is 11.7 Å². The van der Waals surface area contributed by atoms with Gasteiger partial charge in [0.15, 0.2) is 11.6 Å². The van der Waals surface area contributed by atoms with Gasteiger partial charge in [-0.1, -0.05) is 0 Å².